The molecule has 0 radical (unpaired) electrons. The number of fused-ring (bicyclic) bond motifs is 1. The van der Waals surface area contributed by atoms with Crippen molar-refractivity contribution in [3.63, 3.8) is 0 Å². The fraction of sp³-hybridized carbons (Fsp3) is 0.412. The van der Waals surface area contributed by atoms with Crippen LogP contribution in [-0.4, -0.2) is 23.0 Å². The van der Waals surface area contributed by atoms with E-state index in [1.54, 1.807) is 12.4 Å². The van der Waals surface area contributed by atoms with Crippen LogP contribution in [0.5, 0.6) is 0 Å². The van der Waals surface area contributed by atoms with Gasteiger partial charge in [0.2, 0.25) is 0 Å². The van der Waals surface area contributed by atoms with Crippen LogP contribution in [0.4, 0.5) is 0 Å². The molecule has 2 aromatic rings. The minimum atomic E-state index is -0.0733. The van der Waals surface area contributed by atoms with Crippen LogP contribution in [-0.2, 0) is 4.74 Å². The molecular formula is C17H19NO2. The molecule has 0 spiro atoms. The highest BCUT2D eigenvalue weighted by atomic mass is 16.5. The fourth-order valence-corrected chi connectivity index (χ4v) is 3.23. The van der Waals surface area contributed by atoms with E-state index in [9.17, 15) is 4.79 Å². The maximum absolute atomic E-state index is 12.9. The lowest BCUT2D eigenvalue weighted by Gasteiger charge is -2.18. The summed E-state index contributed by atoms with van der Waals surface area (Å²) in [4.78, 5) is 17.1. The SMILES string of the molecule is CC1OC(C)C(C(=O)c2cccc3ccncc23)C1C. The van der Waals surface area contributed by atoms with E-state index >= 15 is 0 Å². The van der Waals surface area contributed by atoms with E-state index < -0.39 is 0 Å². The van der Waals surface area contributed by atoms with E-state index in [1.807, 2.05) is 38.1 Å². The van der Waals surface area contributed by atoms with Crippen molar-refractivity contribution in [2.24, 2.45) is 11.8 Å². The molecule has 1 aliphatic rings. The molecule has 1 fully saturated rings. The van der Waals surface area contributed by atoms with Crippen LogP contribution in [0.3, 0.4) is 0 Å². The van der Waals surface area contributed by atoms with E-state index in [4.69, 9.17) is 4.74 Å². The number of hydrogen-bond acceptors (Lipinski definition) is 3. The summed E-state index contributed by atoms with van der Waals surface area (Å²) in [6.07, 6.45) is 3.63. The second kappa shape index (κ2) is 4.98. The van der Waals surface area contributed by atoms with Crippen LogP contribution < -0.4 is 0 Å². The maximum atomic E-state index is 12.9. The molecule has 0 aliphatic carbocycles. The van der Waals surface area contributed by atoms with Gasteiger partial charge in [0.25, 0.3) is 0 Å². The molecule has 104 valence electrons. The summed E-state index contributed by atoms with van der Waals surface area (Å²) in [6, 6.07) is 7.78. The third kappa shape index (κ3) is 2.02. The van der Waals surface area contributed by atoms with Gasteiger partial charge in [-0.15, -0.1) is 0 Å². The van der Waals surface area contributed by atoms with E-state index in [-0.39, 0.29) is 29.8 Å². The molecule has 4 atom stereocenters. The first-order valence-electron chi connectivity index (χ1n) is 7.12. The van der Waals surface area contributed by atoms with Gasteiger partial charge in [0.1, 0.15) is 0 Å². The van der Waals surface area contributed by atoms with Gasteiger partial charge in [-0.2, -0.15) is 0 Å². The van der Waals surface area contributed by atoms with Gasteiger partial charge in [0.05, 0.1) is 18.1 Å². The molecule has 1 saturated heterocycles. The summed E-state index contributed by atoms with van der Waals surface area (Å²) in [6.45, 7) is 6.13. The number of hydrogen-bond donors (Lipinski definition) is 0. The predicted molar refractivity (Wildman–Crippen MR) is 78.7 cm³/mol. The van der Waals surface area contributed by atoms with Crippen molar-refractivity contribution in [2.45, 2.75) is 33.0 Å². The lowest BCUT2D eigenvalue weighted by atomic mass is 9.82. The number of ether oxygens (including phenoxy) is 1. The van der Waals surface area contributed by atoms with Crippen molar-refractivity contribution < 1.29 is 9.53 Å². The van der Waals surface area contributed by atoms with Crippen LogP contribution in [0, 0.1) is 11.8 Å². The number of aromatic nitrogens is 1. The summed E-state index contributed by atoms with van der Waals surface area (Å²) >= 11 is 0. The van der Waals surface area contributed by atoms with E-state index in [0.29, 0.717) is 0 Å². The third-order valence-electron chi connectivity index (χ3n) is 4.49. The molecule has 4 unspecified atom stereocenters. The van der Waals surface area contributed by atoms with E-state index in [1.165, 1.54) is 0 Å². The summed E-state index contributed by atoms with van der Waals surface area (Å²) < 4.78 is 5.80. The van der Waals surface area contributed by atoms with Crippen LogP contribution in [0.1, 0.15) is 31.1 Å². The van der Waals surface area contributed by atoms with Crippen molar-refractivity contribution in [1.82, 2.24) is 4.98 Å². The Kier molecular flexibility index (Phi) is 3.30. The first-order chi connectivity index (χ1) is 9.59. The molecule has 3 nitrogen and oxygen atoms in total. The average Bonchev–Trinajstić information content (AvgIpc) is 2.71. The standard InChI is InChI=1S/C17H19NO2/c1-10-11(2)20-12(3)16(10)17(19)14-6-4-5-13-7-8-18-9-15(13)14/h4-12,16H,1-3H3. The van der Waals surface area contributed by atoms with E-state index in [2.05, 4.69) is 11.9 Å². The zero-order valence-electron chi connectivity index (χ0n) is 12.0. The van der Waals surface area contributed by atoms with Gasteiger partial charge in [-0.25, -0.2) is 0 Å². The highest BCUT2D eigenvalue weighted by Gasteiger charge is 2.41. The van der Waals surface area contributed by atoms with Crippen molar-refractivity contribution in [1.29, 1.82) is 0 Å². The fourth-order valence-electron chi connectivity index (χ4n) is 3.23. The minimum absolute atomic E-state index is 0.0283. The summed E-state index contributed by atoms with van der Waals surface area (Å²) in [5.74, 6) is 0.341. The van der Waals surface area contributed by atoms with Crippen LogP contribution in [0.25, 0.3) is 10.8 Å². The number of carbonyl (C=O) groups is 1. The molecule has 3 heteroatoms. The number of rotatable bonds is 2. The summed E-state index contributed by atoms with van der Waals surface area (Å²) in [5.41, 5.74) is 0.761. The first-order valence-corrected chi connectivity index (χ1v) is 7.12. The zero-order valence-corrected chi connectivity index (χ0v) is 12.0. The lowest BCUT2D eigenvalue weighted by Crippen LogP contribution is -2.27. The van der Waals surface area contributed by atoms with Gasteiger partial charge in [-0.3, -0.25) is 9.78 Å². The molecule has 0 amide bonds. The predicted octanol–water partition coefficient (Wildman–Crippen LogP) is 3.48. The Hall–Kier alpha value is -1.74. The number of pyridine rings is 1. The quantitative estimate of drug-likeness (QED) is 0.784. The maximum Gasteiger partial charge on any atom is 0.169 e. The van der Waals surface area contributed by atoms with Gasteiger partial charge in [0.15, 0.2) is 5.78 Å². The second-order valence-electron chi connectivity index (χ2n) is 5.70. The van der Waals surface area contributed by atoms with Crippen LogP contribution >= 0.6 is 0 Å². The molecule has 3 rings (SSSR count). The molecule has 0 N–H and O–H groups in total. The number of ketones is 1. The number of benzene rings is 1. The van der Waals surface area contributed by atoms with Gasteiger partial charge in [-0.05, 0) is 31.2 Å². The van der Waals surface area contributed by atoms with Gasteiger partial charge < -0.3 is 4.74 Å². The largest absolute Gasteiger partial charge is 0.374 e. The van der Waals surface area contributed by atoms with E-state index in [0.717, 1.165) is 16.3 Å². The summed E-state index contributed by atoms with van der Waals surface area (Å²) in [5, 5.41) is 1.98. The van der Waals surface area contributed by atoms with Gasteiger partial charge in [0, 0.05) is 23.3 Å². The molecule has 20 heavy (non-hydrogen) atoms. The van der Waals surface area contributed by atoms with Gasteiger partial charge in [-0.1, -0.05) is 25.1 Å². The highest BCUT2D eigenvalue weighted by Crippen LogP contribution is 2.35. The van der Waals surface area contributed by atoms with Crippen molar-refractivity contribution in [2.75, 3.05) is 0 Å². The molecule has 2 heterocycles. The van der Waals surface area contributed by atoms with Crippen molar-refractivity contribution >= 4 is 16.6 Å². The van der Waals surface area contributed by atoms with Gasteiger partial charge >= 0.3 is 0 Å². The lowest BCUT2D eigenvalue weighted by molar-refractivity contribution is 0.0491. The molecule has 0 saturated carbocycles. The smallest absolute Gasteiger partial charge is 0.169 e. The number of nitrogens with zero attached hydrogens (tertiary/aromatic N) is 1. The normalized spacial score (nSPS) is 29.8. The Bertz CT molecular complexity index is 647. The Labute approximate surface area is 119 Å². The molecule has 1 aromatic heterocycles. The van der Waals surface area contributed by atoms with Crippen LogP contribution in [0.2, 0.25) is 0 Å². The Morgan fingerprint density at radius 3 is 2.65 bits per heavy atom. The highest BCUT2D eigenvalue weighted by molar-refractivity contribution is 6.09. The minimum Gasteiger partial charge on any atom is -0.374 e. The molecule has 1 aromatic carbocycles. The summed E-state index contributed by atoms with van der Waals surface area (Å²) in [7, 11) is 0. The van der Waals surface area contributed by atoms with Crippen molar-refractivity contribution in [3.8, 4) is 0 Å². The third-order valence-corrected chi connectivity index (χ3v) is 4.49. The topological polar surface area (TPSA) is 39.2 Å². The van der Waals surface area contributed by atoms with Crippen molar-refractivity contribution in [3.05, 3.63) is 42.2 Å². The molecular weight excluding hydrogens is 250 g/mol. The number of Topliss-reactive ketones (excluding diaryl/α,β-unsaturated/α-hetero) is 1. The Balaban J connectivity index is 2.05. The monoisotopic (exact) mass is 269 g/mol. The zero-order chi connectivity index (χ0) is 14.3. The molecule has 1 aliphatic heterocycles. The second-order valence-corrected chi connectivity index (χ2v) is 5.70. The van der Waals surface area contributed by atoms with Crippen LogP contribution in [0.15, 0.2) is 36.7 Å². The Morgan fingerprint density at radius 2 is 1.95 bits per heavy atom. The first kappa shape index (κ1) is 13.3. The number of carbonyl (C=O) groups excluding carboxylic acids is 1. The Morgan fingerprint density at radius 1 is 1.15 bits per heavy atom. The molecule has 0 bridgehead atoms. The average molecular weight is 269 g/mol.